The third kappa shape index (κ3) is 3.88. The molecule has 1 heterocycles. The number of halogens is 1. The average molecular weight is 447 g/mol. The molecule has 0 aliphatic heterocycles. The highest BCUT2D eigenvalue weighted by atomic mass is 19.1. The third-order valence-electron chi connectivity index (χ3n) is 7.88. The fraction of sp³-hybridized carbons (Fsp3) is 0.429. The van der Waals surface area contributed by atoms with Gasteiger partial charge in [-0.3, -0.25) is 4.79 Å². The highest BCUT2D eigenvalue weighted by molar-refractivity contribution is 5.81. The Bertz CT molecular complexity index is 1150. The number of imidazole rings is 1. The Balaban J connectivity index is 1.52. The van der Waals surface area contributed by atoms with Gasteiger partial charge >= 0.3 is 5.97 Å². The molecule has 0 spiro atoms. The fourth-order valence-electron chi connectivity index (χ4n) is 5.58. The first-order chi connectivity index (χ1) is 15.8. The lowest BCUT2D eigenvalue weighted by molar-refractivity contribution is -0.145. The van der Waals surface area contributed by atoms with E-state index in [1.807, 2.05) is 49.4 Å². The van der Waals surface area contributed by atoms with Gasteiger partial charge in [-0.1, -0.05) is 37.3 Å². The molecule has 0 unspecified atom stereocenters. The van der Waals surface area contributed by atoms with Gasteiger partial charge < -0.3 is 9.67 Å². The molecule has 0 saturated heterocycles. The van der Waals surface area contributed by atoms with Gasteiger partial charge in [0.25, 0.3) is 0 Å². The predicted molar refractivity (Wildman–Crippen MR) is 127 cm³/mol. The summed E-state index contributed by atoms with van der Waals surface area (Å²) in [6.07, 6.45) is 5.16. The van der Waals surface area contributed by atoms with E-state index in [0.717, 1.165) is 47.7 Å². The van der Waals surface area contributed by atoms with Crippen LogP contribution in [0.15, 0.2) is 54.6 Å². The van der Waals surface area contributed by atoms with Crippen LogP contribution in [0.3, 0.4) is 0 Å². The zero-order chi connectivity index (χ0) is 23.2. The van der Waals surface area contributed by atoms with Gasteiger partial charge in [-0.05, 0) is 81.2 Å². The maximum Gasteiger partial charge on any atom is 0.314 e. The van der Waals surface area contributed by atoms with Crippen LogP contribution in [0.2, 0.25) is 0 Å². The molecule has 2 fully saturated rings. The van der Waals surface area contributed by atoms with E-state index in [-0.39, 0.29) is 11.2 Å². The third-order valence-corrected chi connectivity index (χ3v) is 7.88. The highest BCUT2D eigenvalue weighted by Crippen LogP contribution is 2.49. The van der Waals surface area contributed by atoms with Crippen molar-refractivity contribution in [3.63, 3.8) is 0 Å². The number of carboxylic acid groups (broad SMARTS) is 1. The summed E-state index contributed by atoms with van der Waals surface area (Å²) in [4.78, 5) is 17.5. The number of nitrogens with zero attached hydrogens (tertiary/aromatic N) is 2. The minimum atomic E-state index is -0.844. The molecule has 172 valence electrons. The summed E-state index contributed by atoms with van der Waals surface area (Å²) in [5.41, 5.74) is 2.85. The van der Waals surface area contributed by atoms with Gasteiger partial charge in [0.15, 0.2) is 0 Å². The molecule has 2 saturated carbocycles. The van der Waals surface area contributed by atoms with Crippen molar-refractivity contribution in [3.8, 4) is 11.3 Å². The summed E-state index contributed by atoms with van der Waals surface area (Å²) in [6.45, 7) is 5.19. The molecule has 3 aromatic rings. The van der Waals surface area contributed by atoms with Crippen LogP contribution in [0, 0.1) is 18.7 Å². The van der Waals surface area contributed by atoms with Crippen molar-refractivity contribution in [2.45, 2.75) is 69.7 Å². The summed E-state index contributed by atoms with van der Waals surface area (Å²) in [5.74, 6) is 0.736. The lowest BCUT2D eigenvalue weighted by Crippen LogP contribution is -2.44. The maximum atomic E-state index is 13.6. The monoisotopic (exact) mass is 446 g/mol. The molecule has 1 aromatic heterocycles. The quantitative estimate of drug-likeness (QED) is 0.486. The number of carbonyl (C=O) groups is 1. The molecule has 5 rings (SSSR count). The van der Waals surface area contributed by atoms with Crippen molar-refractivity contribution in [1.29, 1.82) is 0 Å². The van der Waals surface area contributed by atoms with E-state index in [1.165, 1.54) is 25.0 Å². The van der Waals surface area contributed by atoms with E-state index in [1.54, 1.807) is 0 Å². The number of rotatable bonds is 6. The minimum absolute atomic E-state index is 0.203. The smallest absolute Gasteiger partial charge is 0.314 e. The molecule has 2 aliphatic rings. The zero-order valence-electron chi connectivity index (χ0n) is 19.4. The lowest BCUT2D eigenvalue weighted by atomic mass is 9.61. The van der Waals surface area contributed by atoms with E-state index in [2.05, 4.69) is 11.5 Å². The van der Waals surface area contributed by atoms with Crippen LogP contribution in [-0.2, 0) is 22.2 Å². The molecule has 2 aromatic carbocycles. The SMILES string of the molecule is Cc1nc(C2(C)CCC(C(=O)O)(c3ccccc3)CC2)n(CC2CC2)c1-c1ccc(F)cc1. The summed E-state index contributed by atoms with van der Waals surface area (Å²) in [5, 5.41) is 10.2. The van der Waals surface area contributed by atoms with Gasteiger partial charge in [0.1, 0.15) is 11.6 Å². The van der Waals surface area contributed by atoms with Crippen LogP contribution < -0.4 is 0 Å². The minimum Gasteiger partial charge on any atom is -0.481 e. The van der Waals surface area contributed by atoms with Gasteiger partial charge in [0.2, 0.25) is 0 Å². The Hall–Kier alpha value is -2.95. The summed E-state index contributed by atoms with van der Waals surface area (Å²) in [6, 6.07) is 16.4. The lowest BCUT2D eigenvalue weighted by Gasteiger charge is -2.42. The first kappa shape index (κ1) is 21.9. The average Bonchev–Trinajstić information content (AvgIpc) is 3.57. The van der Waals surface area contributed by atoms with E-state index in [9.17, 15) is 14.3 Å². The molecule has 0 atom stereocenters. The van der Waals surface area contributed by atoms with Gasteiger partial charge in [-0.15, -0.1) is 0 Å². The van der Waals surface area contributed by atoms with Crippen molar-refractivity contribution in [3.05, 3.63) is 77.5 Å². The Morgan fingerprint density at radius 1 is 1.06 bits per heavy atom. The Kier molecular flexibility index (Phi) is 5.38. The van der Waals surface area contributed by atoms with Gasteiger partial charge in [-0.2, -0.15) is 0 Å². The number of benzene rings is 2. The Morgan fingerprint density at radius 2 is 1.70 bits per heavy atom. The van der Waals surface area contributed by atoms with Gasteiger partial charge in [0.05, 0.1) is 16.8 Å². The van der Waals surface area contributed by atoms with Crippen LogP contribution in [0.5, 0.6) is 0 Å². The molecule has 33 heavy (non-hydrogen) atoms. The molecule has 0 amide bonds. The van der Waals surface area contributed by atoms with E-state index in [4.69, 9.17) is 4.98 Å². The molecule has 4 nitrogen and oxygen atoms in total. The van der Waals surface area contributed by atoms with E-state index >= 15 is 0 Å². The Labute approximate surface area is 194 Å². The molecule has 5 heteroatoms. The number of hydrogen-bond acceptors (Lipinski definition) is 2. The van der Waals surface area contributed by atoms with Gasteiger partial charge in [0, 0.05) is 17.5 Å². The number of aromatic nitrogens is 2. The Morgan fingerprint density at radius 3 is 2.27 bits per heavy atom. The number of hydrogen-bond donors (Lipinski definition) is 1. The van der Waals surface area contributed by atoms with E-state index in [0.29, 0.717) is 18.8 Å². The predicted octanol–water partition coefficient (Wildman–Crippen LogP) is 6.26. The van der Waals surface area contributed by atoms with E-state index < -0.39 is 11.4 Å². The topological polar surface area (TPSA) is 55.1 Å². The molecule has 0 radical (unpaired) electrons. The number of aryl methyl sites for hydroxylation is 1. The summed E-state index contributed by atoms with van der Waals surface area (Å²) in [7, 11) is 0. The van der Waals surface area contributed by atoms with Crippen LogP contribution in [0.1, 0.15) is 62.5 Å². The van der Waals surface area contributed by atoms with Gasteiger partial charge in [-0.25, -0.2) is 9.37 Å². The van der Waals surface area contributed by atoms with Crippen LogP contribution >= 0.6 is 0 Å². The van der Waals surface area contributed by atoms with Crippen molar-refractivity contribution in [1.82, 2.24) is 9.55 Å². The van der Waals surface area contributed by atoms with Crippen LogP contribution in [0.4, 0.5) is 4.39 Å². The first-order valence-corrected chi connectivity index (χ1v) is 11.9. The molecule has 2 aliphatic carbocycles. The molecule has 0 bridgehead atoms. The largest absolute Gasteiger partial charge is 0.481 e. The standard InChI is InChI=1S/C28H31FN2O2/c1-19-24(21-10-12-23(29)13-11-21)31(18-20-8-9-20)25(30-19)27(2)14-16-28(17-15-27,26(32)33)22-6-4-3-5-7-22/h3-7,10-13,20H,8-9,14-18H2,1-2H3,(H,32,33). The zero-order valence-corrected chi connectivity index (χ0v) is 19.4. The second-order valence-electron chi connectivity index (χ2n) is 10.2. The second kappa shape index (κ2) is 8.12. The highest BCUT2D eigenvalue weighted by Gasteiger charge is 2.49. The van der Waals surface area contributed by atoms with Crippen LogP contribution in [0.25, 0.3) is 11.3 Å². The summed E-state index contributed by atoms with van der Waals surface area (Å²) < 4.78 is 15.9. The van der Waals surface area contributed by atoms with Crippen molar-refractivity contribution in [2.75, 3.05) is 0 Å². The number of carboxylic acids is 1. The number of aliphatic carboxylic acids is 1. The normalized spacial score (nSPS) is 25.2. The summed E-state index contributed by atoms with van der Waals surface area (Å²) >= 11 is 0. The van der Waals surface area contributed by atoms with Crippen molar-refractivity contribution >= 4 is 5.97 Å². The van der Waals surface area contributed by atoms with Crippen LogP contribution in [-0.4, -0.2) is 20.6 Å². The molecular formula is C28H31FN2O2. The fourth-order valence-corrected chi connectivity index (χ4v) is 5.58. The first-order valence-electron chi connectivity index (χ1n) is 11.9. The second-order valence-corrected chi connectivity index (χ2v) is 10.2. The van der Waals surface area contributed by atoms with Crippen molar-refractivity contribution in [2.24, 2.45) is 5.92 Å². The van der Waals surface area contributed by atoms with Crippen molar-refractivity contribution < 1.29 is 14.3 Å². The molecule has 1 N–H and O–H groups in total. The maximum absolute atomic E-state index is 13.6. The molecular weight excluding hydrogens is 415 g/mol.